The van der Waals surface area contributed by atoms with Gasteiger partial charge in [-0.15, -0.1) is 0 Å². The Labute approximate surface area is 154 Å². The number of aromatic nitrogens is 2. The Kier molecular flexibility index (Phi) is 5.52. The van der Waals surface area contributed by atoms with Gasteiger partial charge < -0.3 is 5.32 Å². The number of carbonyl (C=O) groups excluding carboxylic acids is 1. The van der Waals surface area contributed by atoms with Gasteiger partial charge >= 0.3 is 0 Å². The number of anilines is 1. The van der Waals surface area contributed by atoms with Crippen LogP contribution in [0.15, 0.2) is 54.6 Å². The molecule has 4 heteroatoms. The van der Waals surface area contributed by atoms with Crippen LogP contribution >= 0.6 is 0 Å². The van der Waals surface area contributed by atoms with Crippen LogP contribution in [0.25, 0.3) is 0 Å². The zero-order valence-electron chi connectivity index (χ0n) is 15.6. The van der Waals surface area contributed by atoms with Gasteiger partial charge in [0.05, 0.1) is 23.6 Å². The van der Waals surface area contributed by atoms with Crippen molar-refractivity contribution in [2.45, 2.75) is 40.2 Å². The van der Waals surface area contributed by atoms with E-state index < -0.39 is 0 Å². The van der Waals surface area contributed by atoms with Crippen LogP contribution in [-0.2, 0) is 17.8 Å². The molecule has 4 nitrogen and oxygen atoms in total. The van der Waals surface area contributed by atoms with E-state index in [0.29, 0.717) is 13.0 Å². The number of nitrogens with zero attached hydrogens (tertiary/aromatic N) is 2. The number of amides is 1. The smallest absolute Gasteiger partial charge is 0.224 e. The molecule has 1 N–H and O–H groups in total. The summed E-state index contributed by atoms with van der Waals surface area (Å²) >= 11 is 0. The van der Waals surface area contributed by atoms with E-state index in [4.69, 9.17) is 0 Å². The highest BCUT2D eigenvalue weighted by Gasteiger charge is 2.14. The van der Waals surface area contributed by atoms with Gasteiger partial charge in [0.2, 0.25) is 5.91 Å². The molecule has 3 rings (SSSR count). The highest BCUT2D eigenvalue weighted by molar-refractivity contribution is 5.92. The third kappa shape index (κ3) is 4.39. The number of hydrogen-bond acceptors (Lipinski definition) is 2. The lowest BCUT2D eigenvalue weighted by atomic mass is 10.1. The lowest BCUT2D eigenvalue weighted by Crippen LogP contribution is -2.13. The van der Waals surface area contributed by atoms with Crippen molar-refractivity contribution in [3.63, 3.8) is 0 Å². The first-order valence-electron chi connectivity index (χ1n) is 8.96. The summed E-state index contributed by atoms with van der Waals surface area (Å²) in [5, 5.41) is 7.65. The molecular weight excluding hydrogens is 322 g/mol. The maximum absolute atomic E-state index is 12.4. The first-order chi connectivity index (χ1) is 12.5. The quantitative estimate of drug-likeness (QED) is 0.717. The number of aryl methyl sites for hydroxylation is 3. The first kappa shape index (κ1) is 17.9. The first-order valence-corrected chi connectivity index (χ1v) is 8.96. The maximum Gasteiger partial charge on any atom is 0.224 e. The largest absolute Gasteiger partial charge is 0.323 e. The summed E-state index contributed by atoms with van der Waals surface area (Å²) in [5.41, 5.74) is 6.28. The van der Waals surface area contributed by atoms with E-state index in [1.807, 2.05) is 48.9 Å². The molecule has 0 unspecified atom stereocenters. The van der Waals surface area contributed by atoms with Gasteiger partial charge in [0.25, 0.3) is 0 Å². The summed E-state index contributed by atoms with van der Waals surface area (Å²) in [5.74, 6) is 0.0233. The summed E-state index contributed by atoms with van der Waals surface area (Å²) in [6.45, 7) is 6.73. The normalized spacial score (nSPS) is 10.7. The molecule has 0 aliphatic carbocycles. The number of rotatable bonds is 6. The fourth-order valence-corrected chi connectivity index (χ4v) is 3.12. The van der Waals surface area contributed by atoms with E-state index >= 15 is 0 Å². The Morgan fingerprint density at radius 1 is 1.00 bits per heavy atom. The lowest BCUT2D eigenvalue weighted by Gasteiger charge is -2.08. The number of benzene rings is 2. The highest BCUT2D eigenvalue weighted by Crippen LogP contribution is 2.21. The van der Waals surface area contributed by atoms with E-state index in [-0.39, 0.29) is 5.91 Å². The summed E-state index contributed by atoms with van der Waals surface area (Å²) in [6.07, 6.45) is 1.20. The van der Waals surface area contributed by atoms with Crippen LogP contribution in [0.5, 0.6) is 0 Å². The van der Waals surface area contributed by atoms with Crippen LogP contribution in [0.2, 0.25) is 0 Å². The number of carbonyl (C=O) groups is 1. The summed E-state index contributed by atoms with van der Waals surface area (Å²) < 4.78 is 1.96. The third-order valence-electron chi connectivity index (χ3n) is 4.54. The van der Waals surface area contributed by atoms with Crippen molar-refractivity contribution >= 4 is 11.6 Å². The predicted molar refractivity (Wildman–Crippen MR) is 105 cm³/mol. The Bertz CT molecular complexity index is 897. The van der Waals surface area contributed by atoms with Crippen molar-refractivity contribution in [2.75, 3.05) is 5.32 Å². The molecule has 3 aromatic rings. The average Bonchev–Trinajstić information content (AvgIpc) is 2.88. The highest BCUT2D eigenvalue weighted by atomic mass is 16.1. The Morgan fingerprint density at radius 2 is 1.73 bits per heavy atom. The minimum Gasteiger partial charge on any atom is -0.323 e. The van der Waals surface area contributed by atoms with Crippen LogP contribution < -0.4 is 5.32 Å². The van der Waals surface area contributed by atoms with Crippen LogP contribution in [0.1, 0.15) is 34.5 Å². The van der Waals surface area contributed by atoms with E-state index in [0.717, 1.165) is 23.5 Å². The molecule has 0 spiro atoms. The minimum atomic E-state index is 0.0233. The van der Waals surface area contributed by atoms with Crippen molar-refractivity contribution < 1.29 is 4.79 Å². The molecule has 0 aliphatic heterocycles. The molecule has 1 heterocycles. The van der Waals surface area contributed by atoms with Gasteiger partial charge in [0, 0.05) is 6.42 Å². The standard InChI is InChI=1S/C22H25N3O/c1-16-8-7-11-20(14-16)15-25-18(3)22(17(2)24-25)23-21(26)13-12-19-9-5-4-6-10-19/h4-11,14H,12-13,15H2,1-3H3,(H,23,26). The van der Waals surface area contributed by atoms with Crippen LogP contribution in [0, 0.1) is 20.8 Å². The van der Waals surface area contributed by atoms with Gasteiger partial charge in [-0.1, -0.05) is 60.2 Å². The molecule has 0 aliphatic rings. The maximum atomic E-state index is 12.4. The predicted octanol–water partition coefficient (Wildman–Crippen LogP) is 4.43. The van der Waals surface area contributed by atoms with Gasteiger partial charge in [-0.3, -0.25) is 9.48 Å². The lowest BCUT2D eigenvalue weighted by molar-refractivity contribution is -0.116. The van der Waals surface area contributed by atoms with E-state index in [2.05, 4.69) is 41.6 Å². The van der Waals surface area contributed by atoms with Crippen LogP contribution in [0.3, 0.4) is 0 Å². The average molecular weight is 347 g/mol. The number of nitrogens with one attached hydrogen (secondary N) is 1. The molecule has 0 radical (unpaired) electrons. The second kappa shape index (κ2) is 8.00. The van der Waals surface area contributed by atoms with Crippen molar-refractivity contribution in [1.82, 2.24) is 9.78 Å². The van der Waals surface area contributed by atoms with Gasteiger partial charge in [-0.2, -0.15) is 5.10 Å². The van der Waals surface area contributed by atoms with Gasteiger partial charge in [0.1, 0.15) is 0 Å². The van der Waals surface area contributed by atoms with Crippen molar-refractivity contribution in [3.8, 4) is 0 Å². The molecule has 0 bridgehead atoms. The van der Waals surface area contributed by atoms with Crippen molar-refractivity contribution in [3.05, 3.63) is 82.7 Å². The van der Waals surface area contributed by atoms with E-state index in [1.54, 1.807) is 0 Å². The Morgan fingerprint density at radius 3 is 2.46 bits per heavy atom. The summed E-state index contributed by atoms with van der Waals surface area (Å²) in [7, 11) is 0. The van der Waals surface area contributed by atoms with Gasteiger partial charge in [-0.05, 0) is 38.3 Å². The second-order valence-electron chi connectivity index (χ2n) is 6.73. The molecule has 26 heavy (non-hydrogen) atoms. The molecule has 1 aromatic heterocycles. The molecule has 134 valence electrons. The molecule has 0 saturated heterocycles. The fraction of sp³-hybridized carbons (Fsp3) is 0.273. The molecule has 0 fully saturated rings. The van der Waals surface area contributed by atoms with Gasteiger partial charge in [-0.25, -0.2) is 0 Å². The Hall–Kier alpha value is -2.88. The van der Waals surface area contributed by atoms with Crippen molar-refractivity contribution in [2.24, 2.45) is 0 Å². The van der Waals surface area contributed by atoms with E-state index in [9.17, 15) is 4.79 Å². The van der Waals surface area contributed by atoms with Gasteiger partial charge in [0.15, 0.2) is 0 Å². The molecular formula is C22H25N3O. The third-order valence-corrected chi connectivity index (χ3v) is 4.54. The zero-order chi connectivity index (χ0) is 18.5. The molecule has 1 amide bonds. The summed E-state index contributed by atoms with van der Waals surface area (Å²) in [4.78, 5) is 12.4. The second-order valence-corrected chi connectivity index (χ2v) is 6.73. The number of hydrogen-bond donors (Lipinski definition) is 1. The Balaban J connectivity index is 1.66. The fourth-order valence-electron chi connectivity index (χ4n) is 3.12. The SMILES string of the molecule is Cc1cccc(Cn2nc(C)c(NC(=O)CCc3ccccc3)c2C)c1. The minimum absolute atomic E-state index is 0.0233. The molecule has 2 aromatic carbocycles. The van der Waals surface area contributed by atoms with E-state index in [1.165, 1.54) is 16.7 Å². The van der Waals surface area contributed by atoms with Crippen molar-refractivity contribution in [1.29, 1.82) is 0 Å². The topological polar surface area (TPSA) is 46.9 Å². The zero-order valence-corrected chi connectivity index (χ0v) is 15.6. The molecule has 0 atom stereocenters. The molecule has 0 saturated carbocycles. The summed E-state index contributed by atoms with van der Waals surface area (Å²) in [6, 6.07) is 18.5. The van der Waals surface area contributed by atoms with Crippen LogP contribution in [-0.4, -0.2) is 15.7 Å². The van der Waals surface area contributed by atoms with Crippen LogP contribution in [0.4, 0.5) is 5.69 Å². The monoisotopic (exact) mass is 347 g/mol.